The van der Waals surface area contributed by atoms with E-state index in [4.69, 9.17) is 4.42 Å². The fourth-order valence-corrected chi connectivity index (χ4v) is 2.90. The number of carbonyl (C=O) groups is 2. The Hall–Kier alpha value is -2.80. The number of hydrogen-bond donors (Lipinski definition) is 1. The van der Waals surface area contributed by atoms with Crippen molar-refractivity contribution in [1.29, 1.82) is 0 Å². The SMILES string of the molecule is COC(=O)c1coc(/C=C2\SC(=Nc3cccc(C)c3)NC2=O)c1. The molecule has 0 unspecified atom stereocenters. The summed E-state index contributed by atoms with van der Waals surface area (Å²) >= 11 is 1.21. The number of thioether (sulfide) groups is 1. The number of ether oxygens (including phenoxy) is 1. The number of nitrogens with zero attached hydrogens (tertiary/aromatic N) is 1. The van der Waals surface area contributed by atoms with E-state index in [2.05, 4.69) is 15.0 Å². The van der Waals surface area contributed by atoms with Gasteiger partial charge >= 0.3 is 5.97 Å². The van der Waals surface area contributed by atoms with E-state index in [1.54, 1.807) is 6.08 Å². The smallest absolute Gasteiger partial charge is 0.341 e. The van der Waals surface area contributed by atoms with Crippen molar-refractivity contribution in [3.05, 3.63) is 58.4 Å². The second-order valence-corrected chi connectivity index (χ2v) is 6.08. The van der Waals surface area contributed by atoms with Crippen LogP contribution in [0.1, 0.15) is 21.7 Å². The molecule has 1 aromatic heterocycles. The van der Waals surface area contributed by atoms with Crippen molar-refractivity contribution < 1.29 is 18.7 Å². The Kier molecular flexibility index (Phi) is 4.52. The number of benzene rings is 1. The van der Waals surface area contributed by atoms with E-state index in [1.165, 1.54) is 31.2 Å². The summed E-state index contributed by atoms with van der Waals surface area (Å²) in [5.41, 5.74) is 2.15. The van der Waals surface area contributed by atoms with Gasteiger partial charge in [0.05, 0.1) is 23.3 Å². The minimum Gasteiger partial charge on any atom is -0.465 e. The molecule has 24 heavy (non-hydrogen) atoms. The molecule has 122 valence electrons. The Balaban J connectivity index is 1.79. The van der Waals surface area contributed by atoms with Crippen molar-refractivity contribution in [2.24, 2.45) is 4.99 Å². The molecule has 1 N–H and O–H groups in total. The monoisotopic (exact) mass is 342 g/mol. The standard InChI is InChI=1S/C17H14N2O4S/c1-10-4-3-5-12(6-10)18-17-19-15(20)14(24-17)8-13-7-11(9-23-13)16(21)22-2/h3-9H,1-2H3,(H,18,19,20)/b14-8-. The number of amides is 1. The predicted molar refractivity (Wildman–Crippen MR) is 92.0 cm³/mol. The molecule has 0 aliphatic carbocycles. The lowest BCUT2D eigenvalue weighted by Gasteiger charge is -1.97. The molecule has 0 radical (unpaired) electrons. The number of rotatable bonds is 3. The van der Waals surface area contributed by atoms with Gasteiger partial charge in [0.25, 0.3) is 5.91 Å². The Morgan fingerprint density at radius 1 is 1.38 bits per heavy atom. The number of aliphatic imine (C=N–C) groups is 1. The summed E-state index contributed by atoms with van der Waals surface area (Å²) in [5, 5.41) is 3.20. The van der Waals surface area contributed by atoms with Crippen LogP contribution in [0.5, 0.6) is 0 Å². The van der Waals surface area contributed by atoms with Crippen LogP contribution >= 0.6 is 11.8 Å². The van der Waals surface area contributed by atoms with Crippen LogP contribution in [0.15, 0.2) is 50.9 Å². The molecule has 3 rings (SSSR count). The summed E-state index contributed by atoms with van der Waals surface area (Å²) in [6.07, 6.45) is 2.85. The molecule has 0 saturated carbocycles. The average Bonchev–Trinajstić information content (AvgIpc) is 3.14. The van der Waals surface area contributed by atoms with Crippen LogP contribution < -0.4 is 5.32 Å². The number of methoxy groups -OCH3 is 1. The zero-order chi connectivity index (χ0) is 17.1. The molecular weight excluding hydrogens is 328 g/mol. The minimum atomic E-state index is -0.492. The Morgan fingerprint density at radius 2 is 2.21 bits per heavy atom. The number of amidine groups is 1. The third kappa shape index (κ3) is 3.57. The second-order valence-electron chi connectivity index (χ2n) is 5.05. The molecule has 1 aliphatic rings. The number of carbonyl (C=O) groups excluding carboxylic acids is 2. The fraction of sp³-hybridized carbons (Fsp3) is 0.118. The Labute approximate surface area is 142 Å². The molecule has 1 aromatic carbocycles. The first-order valence-electron chi connectivity index (χ1n) is 7.08. The highest BCUT2D eigenvalue weighted by Gasteiger charge is 2.24. The normalized spacial score (nSPS) is 17.3. The van der Waals surface area contributed by atoms with Gasteiger partial charge in [0.2, 0.25) is 0 Å². The highest BCUT2D eigenvalue weighted by molar-refractivity contribution is 8.18. The average molecular weight is 342 g/mol. The van der Waals surface area contributed by atoms with Crippen LogP contribution in [0.25, 0.3) is 6.08 Å². The van der Waals surface area contributed by atoms with Gasteiger partial charge in [-0.05, 0) is 42.4 Å². The highest BCUT2D eigenvalue weighted by Crippen LogP contribution is 2.28. The maximum Gasteiger partial charge on any atom is 0.341 e. The molecule has 1 amide bonds. The van der Waals surface area contributed by atoms with Crippen LogP contribution in [0.3, 0.4) is 0 Å². The maximum atomic E-state index is 12.0. The summed E-state index contributed by atoms with van der Waals surface area (Å²) in [5.74, 6) is -0.360. The van der Waals surface area contributed by atoms with E-state index >= 15 is 0 Å². The third-order valence-corrected chi connectivity index (χ3v) is 4.11. The Bertz CT molecular complexity index is 867. The first-order chi connectivity index (χ1) is 11.5. The number of aryl methyl sites for hydroxylation is 1. The lowest BCUT2D eigenvalue weighted by Crippen LogP contribution is -2.19. The Morgan fingerprint density at radius 3 is 2.96 bits per heavy atom. The summed E-state index contributed by atoms with van der Waals surface area (Å²) in [6, 6.07) is 9.19. The van der Waals surface area contributed by atoms with Gasteiger partial charge in [-0.1, -0.05) is 12.1 Å². The lowest BCUT2D eigenvalue weighted by molar-refractivity contribution is -0.115. The van der Waals surface area contributed by atoms with Crippen LogP contribution in [0.2, 0.25) is 0 Å². The number of esters is 1. The van der Waals surface area contributed by atoms with E-state index < -0.39 is 5.97 Å². The predicted octanol–water partition coefficient (Wildman–Crippen LogP) is 3.27. The first kappa shape index (κ1) is 16.1. The van der Waals surface area contributed by atoms with Crippen molar-refractivity contribution in [3.63, 3.8) is 0 Å². The molecule has 1 aliphatic heterocycles. The van der Waals surface area contributed by atoms with Crippen molar-refractivity contribution >= 4 is 40.6 Å². The third-order valence-electron chi connectivity index (χ3n) is 3.20. The fourth-order valence-electron chi connectivity index (χ4n) is 2.08. The molecule has 0 bridgehead atoms. The summed E-state index contributed by atoms with van der Waals surface area (Å²) < 4.78 is 9.87. The molecular formula is C17H14N2O4S. The van der Waals surface area contributed by atoms with Crippen LogP contribution in [-0.4, -0.2) is 24.2 Å². The van der Waals surface area contributed by atoms with Gasteiger partial charge in [0.1, 0.15) is 12.0 Å². The molecule has 7 heteroatoms. The topological polar surface area (TPSA) is 80.9 Å². The summed E-state index contributed by atoms with van der Waals surface area (Å²) in [7, 11) is 1.29. The van der Waals surface area contributed by atoms with E-state index in [0.717, 1.165) is 11.3 Å². The summed E-state index contributed by atoms with van der Waals surface area (Å²) in [6.45, 7) is 1.98. The van der Waals surface area contributed by atoms with E-state index in [1.807, 2.05) is 31.2 Å². The van der Waals surface area contributed by atoms with Gasteiger partial charge in [-0.2, -0.15) is 0 Å². The van der Waals surface area contributed by atoms with Gasteiger partial charge < -0.3 is 14.5 Å². The zero-order valence-electron chi connectivity index (χ0n) is 13.0. The van der Waals surface area contributed by atoms with Gasteiger partial charge in [0.15, 0.2) is 5.17 Å². The van der Waals surface area contributed by atoms with Gasteiger partial charge in [-0.25, -0.2) is 9.79 Å². The van der Waals surface area contributed by atoms with Gasteiger partial charge in [-0.15, -0.1) is 0 Å². The largest absolute Gasteiger partial charge is 0.465 e. The van der Waals surface area contributed by atoms with Crippen LogP contribution in [0, 0.1) is 6.92 Å². The minimum absolute atomic E-state index is 0.262. The molecule has 1 saturated heterocycles. The van der Waals surface area contributed by atoms with Crippen LogP contribution in [-0.2, 0) is 9.53 Å². The van der Waals surface area contributed by atoms with Crippen molar-refractivity contribution in [2.75, 3.05) is 7.11 Å². The molecule has 1 fully saturated rings. The van der Waals surface area contributed by atoms with E-state index in [9.17, 15) is 9.59 Å². The quantitative estimate of drug-likeness (QED) is 0.684. The number of furan rings is 1. The van der Waals surface area contributed by atoms with Gasteiger partial charge in [-0.3, -0.25) is 4.79 Å². The van der Waals surface area contributed by atoms with Crippen molar-refractivity contribution in [2.45, 2.75) is 6.92 Å². The summed E-state index contributed by atoms with van der Waals surface area (Å²) in [4.78, 5) is 28.3. The van der Waals surface area contributed by atoms with Gasteiger partial charge in [0, 0.05) is 6.08 Å². The van der Waals surface area contributed by atoms with Crippen molar-refractivity contribution in [3.8, 4) is 0 Å². The van der Waals surface area contributed by atoms with E-state index in [-0.39, 0.29) is 5.91 Å². The molecule has 2 heterocycles. The maximum absolute atomic E-state index is 12.0. The zero-order valence-corrected chi connectivity index (χ0v) is 13.8. The van der Waals surface area contributed by atoms with Crippen LogP contribution in [0.4, 0.5) is 5.69 Å². The lowest BCUT2D eigenvalue weighted by atomic mass is 10.2. The number of hydrogen-bond acceptors (Lipinski definition) is 6. The molecule has 2 aromatic rings. The first-order valence-corrected chi connectivity index (χ1v) is 7.90. The van der Waals surface area contributed by atoms with Crippen molar-refractivity contribution in [1.82, 2.24) is 5.32 Å². The molecule has 0 atom stereocenters. The number of nitrogens with one attached hydrogen (secondary N) is 1. The second kappa shape index (κ2) is 6.76. The molecule has 6 nitrogen and oxygen atoms in total. The molecule has 0 spiro atoms. The highest BCUT2D eigenvalue weighted by atomic mass is 32.2. The van der Waals surface area contributed by atoms with E-state index in [0.29, 0.717) is 21.4 Å².